The van der Waals surface area contributed by atoms with E-state index in [9.17, 15) is 4.79 Å². The molecule has 2 aliphatic heterocycles. The lowest BCUT2D eigenvalue weighted by molar-refractivity contribution is -0.0461. The number of morpholine rings is 1. The Morgan fingerprint density at radius 3 is 3.00 bits per heavy atom. The number of halogens is 1. The van der Waals surface area contributed by atoms with Gasteiger partial charge in [-0.3, -0.25) is 9.69 Å². The largest absolute Gasteiger partial charge is 0.373 e. The predicted octanol–water partition coefficient (Wildman–Crippen LogP) is 2.04. The molecule has 1 aromatic rings. The summed E-state index contributed by atoms with van der Waals surface area (Å²) in [6.45, 7) is 3.49. The molecule has 2 saturated heterocycles. The first-order valence-electron chi connectivity index (χ1n) is 7.12. The van der Waals surface area contributed by atoms with E-state index >= 15 is 0 Å². The van der Waals surface area contributed by atoms with Crippen LogP contribution in [0.25, 0.3) is 0 Å². The highest BCUT2D eigenvalue weighted by atomic mass is 79.9. The van der Waals surface area contributed by atoms with Crippen molar-refractivity contribution >= 4 is 21.8 Å². The van der Waals surface area contributed by atoms with Crippen molar-refractivity contribution < 1.29 is 9.53 Å². The van der Waals surface area contributed by atoms with Gasteiger partial charge in [0.05, 0.1) is 12.7 Å². The number of hydrogen-bond acceptors (Lipinski definition) is 3. The third-order valence-electron chi connectivity index (χ3n) is 4.06. The molecular formula is C15H19BrN2O2. The second kappa shape index (κ2) is 6.24. The molecule has 0 aliphatic carbocycles. The Morgan fingerprint density at radius 1 is 1.40 bits per heavy atom. The Morgan fingerprint density at radius 2 is 2.20 bits per heavy atom. The Labute approximate surface area is 127 Å². The smallest absolute Gasteiger partial charge is 0.251 e. The molecule has 0 aromatic heterocycles. The SMILES string of the molecule is O=C(NC[C@H]1CN2CCC[C@H]2CO1)c1ccc(Br)cc1. The molecule has 1 aromatic carbocycles. The van der Waals surface area contributed by atoms with Gasteiger partial charge in [0.15, 0.2) is 0 Å². The maximum Gasteiger partial charge on any atom is 0.251 e. The molecule has 0 unspecified atom stereocenters. The van der Waals surface area contributed by atoms with Crippen LogP contribution in [0.1, 0.15) is 23.2 Å². The van der Waals surface area contributed by atoms with Crippen molar-refractivity contribution in [2.45, 2.75) is 25.0 Å². The third kappa shape index (κ3) is 3.22. The van der Waals surface area contributed by atoms with Gasteiger partial charge in [0.1, 0.15) is 0 Å². The molecule has 3 rings (SSSR count). The summed E-state index contributed by atoms with van der Waals surface area (Å²) in [6, 6.07) is 7.99. The molecule has 2 fully saturated rings. The molecule has 2 heterocycles. The zero-order valence-electron chi connectivity index (χ0n) is 11.3. The lowest BCUT2D eigenvalue weighted by atomic mass is 10.2. The summed E-state index contributed by atoms with van der Waals surface area (Å²) in [6.07, 6.45) is 2.63. The molecule has 20 heavy (non-hydrogen) atoms. The fraction of sp³-hybridized carbons (Fsp3) is 0.533. The summed E-state index contributed by atoms with van der Waals surface area (Å²) in [7, 11) is 0. The monoisotopic (exact) mass is 338 g/mol. The summed E-state index contributed by atoms with van der Waals surface area (Å²) >= 11 is 3.36. The zero-order chi connectivity index (χ0) is 13.9. The third-order valence-corrected chi connectivity index (χ3v) is 4.59. The van der Waals surface area contributed by atoms with Crippen LogP contribution in [0.5, 0.6) is 0 Å². The Bertz CT molecular complexity index is 477. The fourth-order valence-corrected chi connectivity index (χ4v) is 3.18. The molecular weight excluding hydrogens is 320 g/mol. The lowest BCUT2D eigenvalue weighted by Gasteiger charge is -2.35. The van der Waals surface area contributed by atoms with Gasteiger partial charge in [-0.05, 0) is 43.7 Å². The Kier molecular flexibility index (Phi) is 4.38. The highest BCUT2D eigenvalue weighted by Gasteiger charge is 2.32. The van der Waals surface area contributed by atoms with E-state index < -0.39 is 0 Å². The minimum Gasteiger partial charge on any atom is -0.373 e. The summed E-state index contributed by atoms with van der Waals surface area (Å²) < 4.78 is 6.81. The van der Waals surface area contributed by atoms with Crippen LogP contribution in [-0.2, 0) is 4.74 Å². The summed E-state index contributed by atoms with van der Waals surface area (Å²) in [5.74, 6) is -0.0374. The van der Waals surface area contributed by atoms with Gasteiger partial charge in [-0.15, -0.1) is 0 Å². The quantitative estimate of drug-likeness (QED) is 0.916. The Balaban J connectivity index is 1.49. The molecule has 108 valence electrons. The average Bonchev–Trinajstić information content (AvgIpc) is 2.93. The maximum absolute atomic E-state index is 12.0. The number of fused-ring (bicyclic) bond motifs is 1. The maximum atomic E-state index is 12.0. The second-order valence-corrected chi connectivity index (χ2v) is 6.38. The number of carbonyl (C=O) groups excluding carboxylic acids is 1. The number of carbonyl (C=O) groups is 1. The highest BCUT2D eigenvalue weighted by Crippen LogP contribution is 2.22. The van der Waals surface area contributed by atoms with Gasteiger partial charge in [0.25, 0.3) is 5.91 Å². The van der Waals surface area contributed by atoms with Crippen molar-refractivity contribution in [3.63, 3.8) is 0 Å². The van der Waals surface area contributed by atoms with Crippen molar-refractivity contribution in [2.75, 3.05) is 26.2 Å². The highest BCUT2D eigenvalue weighted by molar-refractivity contribution is 9.10. The van der Waals surface area contributed by atoms with Gasteiger partial charge in [0.2, 0.25) is 0 Å². The van der Waals surface area contributed by atoms with Gasteiger partial charge in [0, 0.05) is 29.2 Å². The number of rotatable bonds is 3. The van der Waals surface area contributed by atoms with Crippen molar-refractivity contribution in [3.8, 4) is 0 Å². The lowest BCUT2D eigenvalue weighted by Crippen LogP contribution is -2.50. The molecule has 1 N–H and O–H groups in total. The molecule has 5 heteroatoms. The van der Waals surface area contributed by atoms with E-state index in [1.807, 2.05) is 24.3 Å². The van der Waals surface area contributed by atoms with Crippen molar-refractivity contribution in [1.82, 2.24) is 10.2 Å². The second-order valence-electron chi connectivity index (χ2n) is 5.46. The first-order valence-corrected chi connectivity index (χ1v) is 7.91. The van der Waals surface area contributed by atoms with E-state index in [2.05, 4.69) is 26.1 Å². The molecule has 0 bridgehead atoms. The van der Waals surface area contributed by atoms with E-state index in [1.54, 1.807) is 0 Å². The number of hydrogen-bond donors (Lipinski definition) is 1. The molecule has 4 nitrogen and oxygen atoms in total. The molecule has 2 atom stereocenters. The van der Waals surface area contributed by atoms with Crippen LogP contribution < -0.4 is 5.32 Å². The number of nitrogens with zero attached hydrogens (tertiary/aromatic N) is 1. The molecule has 2 aliphatic rings. The van der Waals surface area contributed by atoms with E-state index in [0.717, 1.165) is 17.6 Å². The molecule has 0 saturated carbocycles. The Hall–Kier alpha value is -0.910. The normalized spacial score (nSPS) is 26.2. The van der Waals surface area contributed by atoms with E-state index in [-0.39, 0.29) is 12.0 Å². The van der Waals surface area contributed by atoms with E-state index in [1.165, 1.54) is 19.4 Å². The van der Waals surface area contributed by atoms with Crippen LogP contribution in [0.15, 0.2) is 28.7 Å². The summed E-state index contributed by atoms with van der Waals surface area (Å²) in [5, 5.41) is 2.96. The summed E-state index contributed by atoms with van der Waals surface area (Å²) in [4.78, 5) is 14.5. The zero-order valence-corrected chi connectivity index (χ0v) is 12.9. The fourth-order valence-electron chi connectivity index (χ4n) is 2.92. The summed E-state index contributed by atoms with van der Waals surface area (Å²) in [5.41, 5.74) is 0.683. The first-order chi connectivity index (χ1) is 9.72. The number of ether oxygens (including phenoxy) is 1. The van der Waals surface area contributed by atoms with Gasteiger partial charge in [-0.25, -0.2) is 0 Å². The van der Waals surface area contributed by atoms with Crippen LogP contribution in [0.4, 0.5) is 0 Å². The van der Waals surface area contributed by atoms with Gasteiger partial charge >= 0.3 is 0 Å². The van der Waals surface area contributed by atoms with Crippen LogP contribution in [0, 0.1) is 0 Å². The first kappa shape index (κ1) is 14.0. The average molecular weight is 339 g/mol. The van der Waals surface area contributed by atoms with Crippen LogP contribution in [0.3, 0.4) is 0 Å². The minimum atomic E-state index is -0.0374. The molecule has 0 radical (unpaired) electrons. The number of benzene rings is 1. The minimum absolute atomic E-state index is 0.0374. The van der Waals surface area contributed by atoms with Crippen molar-refractivity contribution in [3.05, 3.63) is 34.3 Å². The topological polar surface area (TPSA) is 41.6 Å². The number of amides is 1. The van der Waals surface area contributed by atoms with Gasteiger partial charge < -0.3 is 10.1 Å². The standard InChI is InChI=1S/C15H19BrN2O2/c16-12-5-3-11(4-6-12)15(19)17-8-14-9-18-7-1-2-13(18)10-20-14/h3-6,13-14H,1-2,7-10H2,(H,17,19)/t13-,14-/m0/s1. The van der Waals surface area contributed by atoms with Crippen molar-refractivity contribution in [2.24, 2.45) is 0 Å². The van der Waals surface area contributed by atoms with Crippen molar-refractivity contribution in [1.29, 1.82) is 0 Å². The van der Waals surface area contributed by atoms with E-state index in [0.29, 0.717) is 18.2 Å². The molecule has 0 spiro atoms. The van der Waals surface area contributed by atoms with E-state index in [4.69, 9.17) is 4.74 Å². The van der Waals surface area contributed by atoms with Crippen LogP contribution >= 0.6 is 15.9 Å². The predicted molar refractivity (Wildman–Crippen MR) is 80.8 cm³/mol. The number of nitrogens with one attached hydrogen (secondary N) is 1. The molecule has 1 amide bonds. The van der Waals surface area contributed by atoms with Crippen LogP contribution in [0.2, 0.25) is 0 Å². The van der Waals surface area contributed by atoms with Gasteiger partial charge in [-0.1, -0.05) is 15.9 Å². The van der Waals surface area contributed by atoms with Gasteiger partial charge in [-0.2, -0.15) is 0 Å². The van der Waals surface area contributed by atoms with Crippen LogP contribution in [-0.4, -0.2) is 49.2 Å².